The predicted octanol–water partition coefficient (Wildman–Crippen LogP) is 1.16. The number of nitrogens with zero attached hydrogens (tertiary/aromatic N) is 1. The van der Waals surface area contributed by atoms with E-state index in [-0.39, 0.29) is 5.69 Å². The summed E-state index contributed by atoms with van der Waals surface area (Å²) < 4.78 is 0. The van der Waals surface area contributed by atoms with Crippen molar-refractivity contribution >= 4 is 11.5 Å². The highest BCUT2D eigenvalue weighted by atomic mass is 16.4. The van der Waals surface area contributed by atoms with Gasteiger partial charge in [0.25, 0.3) is 0 Å². The third-order valence-electron chi connectivity index (χ3n) is 2.38. The molecule has 2 rings (SSSR count). The third kappa shape index (κ3) is 2.22. The molecule has 0 aromatic carbocycles. The lowest BCUT2D eigenvalue weighted by Crippen LogP contribution is -2.21. The van der Waals surface area contributed by atoms with E-state index in [1.807, 2.05) is 6.07 Å². The van der Waals surface area contributed by atoms with Gasteiger partial charge < -0.3 is 10.4 Å². The van der Waals surface area contributed by atoms with E-state index in [0.717, 1.165) is 30.6 Å². The van der Waals surface area contributed by atoms with Crippen LogP contribution in [0.4, 0.5) is 0 Å². The summed E-state index contributed by atoms with van der Waals surface area (Å²) in [5.41, 5.74) is 2.18. The van der Waals surface area contributed by atoms with Crippen molar-refractivity contribution in [2.24, 2.45) is 0 Å². The molecule has 0 atom stereocenters. The van der Waals surface area contributed by atoms with E-state index in [1.165, 1.54) is 6.20 Å². The Labute approximate surface area is 87.7 Å². The molecule has 1 aliphatic heterocycles. The Balaban J connectivity index is 2.31. The van der Waals surface area contributed by atoms with Gasteiger partial charge in [0.15, 0.2) is 0 Å². The minimum atomic E-state index is -0.985. The first-order valence-electron chi connectivity index (χ1n) is 4.87. The van der Waals surface area contributed by atoms with E-state index in [9.17, 15) is 4.79 Å². The number of aromatic carboxylic acids is 1. The molecule has 0 bridgehead atoms. The summed E-state index contributed by atoms with van der Waals surface area (Å²) in [5.74, 6) is -0.985. The third-order valence-corrected chi connectivity index (χ3v) is 2.38. The van der Waals surface area contributed by atoms with Crippen LogP contribution in [-0.2, 0) is 0 Å². The first kappa shape index (κ1) is 9.86. The lowest BCUT2D eigenvalue weighted by molar-refractivity contribution is 0.0690. The van der Waals surface area contributed by atoms with Crippen LogP contribution in [0.5, 0.6) is 0 Å². The molecule has 0 unspecified atom stereocenters. The Morgan fingerprint density at radius 1 is 1.53 bits per heavy atom. The molecule has 4 nitrogen and oxygen atoms in total. The van der Waals surface area contributed by atoms with Crippen molar-refractivity contribution in [1.82, 2.24) is 10.3 Å². The van der Waals surface area contributed by atoms with Crippen molar-refractivity contribution in [2.75, 3.05) is 13.1 Å². The SMILES string of the molecule is O=C(O)c1cc(C2=CCCNC2)ccn1. The van der Waals surface area contributed by atoms with Crippen molar-refractivity contribution in [3.8, 4) is 0 Å². The molecule has 4 heteroatoms. The van der Waals surface area contributed by atoms with Crippen LogP contribution in [0.25, 0.3) is 5.57 Å². The molecule has 2 heterocycles. The molecule has 0 aliphatic carbocycles. The largest absolute Gasteiger partial charge is 0.477 e. The standard InChI is InChI=1S/C11H12N2O2/c14-11(15)10-6-8(3-5-13-10)9-2-1-4-12-7-9/h2-3,5-6,12H,1,4,7H2,(H,14,15). The van der Waals surface area contributed by atoms with Gasteiger partial charge in [-0.3, -0.25) is 0 Å². The first-order chi connectivity index (χ1) is 7.27. The van der Waals surface area contributed by atoms with Crippen LogP contribution in [0.2, 0.25) is 0 Å². The van der Waals surface area contributed by atoms with E-state index < -0.39 is 5.97 Å². The average molecular weight is 204 g/mol. The van der Waals surface area contributed by atoms with Crippen LogP contribution in [0.3, 0.4) is 0 Å². The first-order valence-corrected chi connectivity index (χ1v) is 4.87. The predicted molar refractivity (Wildman–Crippen MR) is 56.7 cm³/mol. The number of aromatic nitrogens is 1. The molecule has 1 aromatic rings. The summed E-state index contributed by atoms with van der Waals surface area (Å²) in [6.45, 7) is 1.78. The lowest BCUT2D eigenvalue weighted by atomic mass is 10.0. The van der Waals surface area contributed by atoms with Crippen LogP contribution >= 0.6 is 0 Å². The Morgan fingerprint density at radius 3 is 3.07 bits per heavy atom. The van der Waals surface area contributed by atoms with E-state index >= 15 is 0 Å². The molecular formula is C11H12N2O2. The van der Waals surface area contributed by atoms with Gasteiger partial charge in [0.2, 0.25) is 0 Å². The number of rotatable bonds is 2. The summed E-state index contributed by atoms with van der Waals surface area (Å²) in [6.07, 6.45) is 4.66. The van der Waals surface area contributed by atoms with Crippen molar-refractivity contribution in [3.63, 3.8) is 0 Å². The van der Waals surface area contributed by atoms with Gasteiger partial charge in [0.05, 0.1) is 0 Å². The average Bonchev–Trinajstić information content (AvgIpc) is 2.30. The Kier molecular flexibility index (Phi) is 2.78. The molecule has 0 fully saturated rings. The molecule has 78 valence electrons. The van der Waals surface area contributed by atoms with Crippen LogP contribution in [0.1, 0.15) is 22.5 Å². The zero-order valence-corrected chi connectivity index (χ0v) is 8.23. The number of carboxylic acids is 1. The molecule has 0 saturated carbocycles. The topological polar surface area (TPSA) is 62.2 Å². The molecule has 1 aliphatic rings. The van der Waals surface area contributed by atoms with Gasteiger partial charge >= 0.3 is 5.97 Å². The maximum absolute atomic E-state index is 10.7. The second-order valence-electron chi connectivity index (χ2n) is 3.43. The van der Waals surface area contributed by atoms with E-state index in [0.29, 0.717) is 0 Å². The van der Waals surface area contributed by atoms with Gasteiger partial charge in [-0.05, 0) is 36.2 Å². The van der Waals surface area contributed by atoms with Crippen LogP contribution in [0.15, 0.2) is 24.4 Å². The summed E-state index contributed by atoms with van der Waals surface area (Å²) in [5, 5.41) is 12.1. The number of nitrogens with one attached hydrogen (secondary N) is 1. The number of hydrogen-bond donors (Lipinski definition) is 2. The maximum atomic E-state index is 10.7. The number of carbonyl (C=O) groups is 1. The molecular weight excluding hydrogens is 192 g/mol. The van der Waals surface area contributed by atoms with Crippen LogP contribution < -0.4 is 5.32 Å². The van der Waals surface area contributed by atoms with Crippen LogP contribution in [0, 0.1) is 0 Å². The zero-order chi connectivity index (χ0) is 10.7. The van der Waals surface area contributed by atoms with Crippen molar-refractivity contribution < 1.29 is 9.90 Å². The highest BCUT2D eigenvalue weighted by Crippen LogP contribution is 2.16. The molecule has 0 radical (unpaired) electrons. The van der Waals surface area contributed by atoms with Gasteiger partial charge in [-0.1, -0.05) is 6.08 Å². The number of hydrogen-bond acceptors (Lipinski definition) is 3. The normalized spacial score (nSPS) is 15.9. The van der Waals surface area contributed by atoms with Gasteiger partial charge in [-0.15, -0.1) is 0 Å². The fraction of sp³-hybridized carbons (Fsp3) is 0.273. The summed E-state index contributed by atoms with van der Waals surface area (Å²) in [7, 11) is 0. The highest BCUT2D eigenvalue weighted by molar-refractivity contribution is 5.86. The van der Waals surface area contributed by atoms with E-state index in [1.54, 1.807) is 6.07 Å². The van der Waals surface area contributed by atoms with E-state index in [4.69, 9.17) is 5.11 Å². The number of carboxylic acid groups (broad SMARTS) is 1. The van der Waals surface area contributed by atoms with Crippen molar-refractivity contribution in [1.29, 1.82) is 0 Å². The minimum Gasteiger partial charge on any atom is -0.477 e. The van der Waals surface area contributed by atoms with Crippen molar-refractivity contribution in [2.45, 2.75) is 6.42 Å². The molecule has 0 saturated heterocycles. The summed E-state index contributed by atoms with van der Waals surface area (Å²) in [6, 6.07) is 3.45. The summed E-state index contributed by atoms with van der Waals surface area (Å²) >= 11 is 0. The quantitative estimate of drug-likeness (QED) is 0.758. The van der Waals surface area contributed by atoms with Gasteiger partial charge in [-0.25, -0.2) is 9.78 Å². The monoisotopic (exact) mass is 204 g/mol. The van der Waals surface area contributed by atoms with Gasteiger partial charge in [-0.2, -0.15) is 0 Å². The molecule has 2 N–H and O–H groups in total. The Morgan fingerprint density at radius 2 is 2.40 bits per heavy atom. The second kappa shape index (κ2) is 4.23. The molecule has 1 aromatic heterocycles. The Hall–Kier alpha value is -1.68. The van der Waals surface area contributed by atoms with Crippen LogP contribution in [-0.4, -0.2) is 29.1 Å². The van der Waals surface area contributed by atoms with E-state index in [2.05, 4.69) is 16.4 Å². The molecule has 0 amide bonds. The van der Waals surface area contributed by atoms with Gasteiger partial charge in [0.1, 0.15) is 5.69 Å². The molecule has 15 heavy (non-hydrogen) atoms. The number of pyridine rings is 1. The molecule has 0 spiro atoms. The zero-order valence-electron chi connectivity index (χ0n) is 8.23. The minimum absolute atomic E-state index is 0.0963. The fourth-order valence-electron chi connectivity index (χ4n) is 1.61. The fourth-order valence-corrected chi connectivity index (χ4v) is 1.61. The lowest BCUT2D eigenvalue weighted by Gasteiger charge is -2.14. The maximum Gasteiger partial charge on any atom is 0.354 e. The Bertz CT molecular complexity index is 413. The highest BCUT2D eigenvalue weighted by Gasteiger charge is 2.09. The summed E-state index contributed by atoms with van der Waals surface area (Å²) in [4.78, 5) is 14.5. The van der Waals surface area contributed by atoms with Crippen molar-refractivity contribution in [3.05, 3.63) is 35.7 Å². The smallest absolute Gasteiger partial charge is 0.354 e. The second-order valence-corrected chi connectivity index (χ2v) is 3.43. The van der Waals surface area contributed by atoms with Gasteiger partial charge in [0, 0.05) is 12.7 Å².